The molecule has 7 nitrogen and oxygen atoms in total. The smallest absolute Gasteiger partial charge is 0.272 e. The van der Waals surface area contributed by atoms with Crippen LogP contribution in [0.3, 0.4) is 0 Å². The number of carbonyl (C=O) groups is 2. The third kappa shape index (κ3) is 3.38. The van der Waals surface area contributed by atoms with Gasteiger partial charge in [0.1, 0.15) is 5.82 Å². The minimum Gasteiger partial charge on any atom is -0.370 e. The van der Waals surface area contributed by atoms with E-state index >= 15 is 0 Å². The van der Waals surface area contributed by atoms with E-state index in [2.05, 4.69) is 0 Å². The van der Waals surface area contributed by atoms with Gasteiger partial charge in [0.15, 0.2) is 0 Å². The standard InChI is InChI=1S/C14H16FN3O4/c15-12-7-10(18(21)22)4-5-11(12)14(20)17-6-2-1-3-9(17)8-13(16)19/h4-5,7,9H,1-3,6,8H2,(H2,16,19). The minimum atomic E-state index is -0.942. The van der Waals surface area contributed by atoms with Crippen LogP contribution in [0.25, 0.3) is 0 Å². The molecule has 0 radical (unpaired) electrons. The number of likely N-dealkylation sites (tertiary alicyclic amines) is 1. The number of piperidine rings is 1. The first kappa shape index (κ1) is 15.9. The van der Waals surface area contributed by atoms with Gasteiger partial charge in [-0.1, -0.05) is 0 Å². The van der Waals surface area contributed by atoms with Crippen molar-refractivity contribution in [2.75, 3.05) is 6.54 Å². The fraction of sp³-hybridized carbons (Fsp3) is 0.429. The molecular formula is C14H16FN3O4. The maximum absolute atomic E-state index is 14.0. The van der Waals surface area contributed by atoms with E-state index < -0.39 is 28.2 Å². The van der Waals surface area contributed by atoms with Gasteiger partial charge in [-0.25, -0.2) is 4.39 Å². The highest BCUT2D eigenvalue weighted by Gasteiger charge is 2.30. The van der Waals surface area contributed by atoms with Crippen LogP contribution >= 0.6 is 0 Å². The lowest BCUT2D eigenvalue weighted by Gasteiger charge is -2.35. The number of hydrogen-bond donors (Lipinski definition) is 1. The first-order valence-corrected chi connectivity index (χ1v) is 6.93. The summed E-state index contributed by atoms with van der Waals surface area (Å²) in [5.41, 5.74) is 4.53. The molecule has 0 bridgehead atoms. The molecular weight excluding hydrogens is 293 g/mol. The lowest BCUT2D eigenvalue weighted by molar-refractivity contribution is -0.385. The second kappa shape index (κ2) is 6.50. The fourth-order valence-electron chi connectivity index (χ4n) is 2.66. The van der Waals surface area contributed by atoms with Crippen molar-refractivity contribution >= 4 is 17.5 Å². The second-order valence-corrected chi connectivity index (χ2v) is 5.24. The van der Waals surface area contributed by atoms with Gasteiger partial charge in [0.2, 0.25) is 5.91 Å². The monoisotopic (exact) mass is 309 g/mol. The molecule has 0 saturated carbocycles. The van der Waals surface area contributed by atoms with E-state index in [-0.39, 0.29) is 18.0 Å². The summed E-state index contributed by atoms with van der Waals surface area (Å²) in [6.45, 7) is 0.410. The molecule has 1 aromatic carbocycles. The summed E-state index contributed by atoms with van der Waals surface area (Å²) in [4.78, 5) is 34.9. The average Bonchev–Trinajstić information content (AvgIpc) is 2.46. The Morgan fingerprint density at radius 2 is 2.14 bits per heavy atom. The summed E-state index contributed by atoms with van der Waals surface area (Å²) in [6, 6.07) is 2.56. The highest BCUT2D eigenvalue weighted by molar-refractivity contribution is 5.95. The molecule has 1 unspecified atom stereocenters. The number of nitro benzene ring substituents is 1. The predicted molar refractivity (Wildman–Crippen MR) is 75.5 cm³/mol. The number of nitrogens with zero attached hydrogens (tertiary/aromatic N) is 2. The summed E-state index contributed by atoms with van der Waals surface area (Å²) in [5, 5.41) is 10.6. The molecule has 1 aliphatic heterocycles. The van der Waals surface area contributed by atoms with Crippen LogP contribution in [-0.4, -0.2) is 34.2 Å². The number of amides is 2. The van der Waals surface area contributed by atoms with E-state index in [0.29, 0.717) is 13.0 Å². The summed E-state index contributed by atoms with van der Waals surface area (Å²) in [7, 11) is 0. The van der Waals surface area contributed by atoms with Crippen molar-refractivity contribution in [3.63, 3.8) is 0 Å². The van der Waals surface area contributed by atoms with Crippen molar-refractivity contribution in [3.05, 3.63) is 39.7 Å². The number of primary amides is 1. The van der Waals surface area contributed by atoms with Crippen LogP contribution in [0.15, 0.2) is 18.2 Å². The molecule has 118 valence electrons. The van der Waals surface area contributed by atoms with Crippen LogP contribution in [0, 0.1) is 15.9 Å². The van der Waals surface area contributed by atoms with Crippen molar-refractivity contribution in [2.24, 2.45) is 5.73 Å². The number of benzene rings is 1. The predicted octanol–water partition coefficient (Wildman–Crippen LogP) is 1.60. The zero-order chi connectivity index (χ0) is 16.3. The van der Waals surface area contributed by atoms with Gasteiger partial charge in [0.05, 0.1) is 16.6 Å². The van der Waals surface area contributed by atoms with Crippen LogP contribution in [0.2, 0.25) is 0 Å². The van der Waals surface area contributed by atoms with Gasteiger partial charge in [-0.15, -0.1) is 0 Å². The van der Waals surface area contributed by atoms with E-state index in [1.165, 1.54) is 4.90 Å². The Bertz CT molecular complexity index is 620. The van der Waals surface area contributed by atoms with E-state index in [1.807, 2.05) is 0 Å². The van der Waals surface area contributed by atoms with Gasteiger partial charge < -0.3 is 10.6 Å². The van der Waals surface area contributed by atoms with E-state index in [9.17, 15) is 24.1 Å². The molecule has 1 heterocycles. The van der Waals surface area contributed by atoms with Crippen molar-refractivity contribution in [1.82, 2.24) is 4.90 Å². The van der Waals surface area contributed by atoms with E-state index in [4.69, 9.17) is 5.73 Å². The molecule has 0 spiro atoms. The first-order valence-electron chi connectivity index (χ1n) is 6.93. The van der Waals surface area contributed by atoms with Gasteiger partial charge in [-0.05, 0) is 25.3 Å². The van der Waals surface area contributed by atoms with Gasteiger partial charge in [0.25, 0.3) is 11.6 Å². The van der Waals surface area contributed by atoms with Crippen LogP contribution in [0.1, 0.15) is 36.0 Å². The number of halogens is 1. The molecule has 1 aliphatic rings. The molecule has 2 amide bonds. The number of rotatable bonds is 4. The largest absolute Gasteiger partial charge is 0.370 e. The van der Waals surface area contributed by atoms with Crippen molar-refractivity contribution in [1.29, 1.82) is 0 Å². The normalized spacial score (nSPS) is 18.0. The molecule has 1 fully saturated rings. The Balaban J connectivity index is 2.25. The Morgan fingerprint density at radius 3 is 2.73 bits per heavy atom. The summed E-state index contributed by atoms with van der Waals surface area (Å²) in [5.74, 6) is -2.03. The molecule has 1 atom stereocenters. The molecule has 0 aromatic heterocycles. The number of non-ortho nitro benzene ring substituents is 1. The van der Waals surface area contributed by atoms with Crippen molar-refractivity contribution in [3.8, 4) is 0 Å². The summed E-state index contributed by atoms with van der Waals surface area (Å²) >= 11 is 0. The van der Waals surface area contributed by atoms with Crippen LogP contribution in [0.5, 0.6) is 0 Å². The van der Waals surface area contributed by atoms with E-state index in [0.717, 1.165) is 31.0 Å². The SMILES string of the molecule is NC(=O)CC1CCCCN1C(=O)c1ccc([N+](=O)[O-])cc1F. The summed E-state index contributed by atoms with van der Waals surface area (Å²) < 4.78 is 14.0. The van der Waals surface area contributed by atoms with Gasteiger partial charge in [-0.3, -0.25) is 19.7 Å². The minimum absolute atomic E-state index is 0.0281. The molecule has 8 heteroatoms. The van der Waals surface area contributed by atoms with Crippen molar-refractivity contribution in [2.45, 2.75) is 31.7 Å². The fourth-order valence-corrected chi connectivity index (χ4v) is 2.66. The highest BCUT2D eigenvalue weighted by atomic mass is 19.1. The topological polar surface area (TPSA) is 107 Å². The average molecular weight is 309 g/mol. The first-order chi connectivity index (χ1) is 10.4. The number of nitrogens with two attached hydrogens (primary N) is 1. The molecule has 1 aromatic rings. The van der Waals surface area contributed by atoms with Crippen LogP contribution < -0.4 is 5.73 Å². The van der Waals surface area contributed by atoms with E-state index in [1.54, 1.807) is 0 Å². The molecule has 0 aliphatic carbocycles. The van der Waals surface area contributed by atoms with Crippen LogP contribution in [0.4, 0.5) is 10.1 Å². The van der Waals surface area contributed by atoms with Gasteiger partial charge >= 0.3 is 0 Å². The van der Waals surface area contributed by atoms with Crippen molar-refractivity contribution < 1.29 is 18.9 Å². The summed E-state index contributed by atoms with van der Waals surface area (Å²) in [6.07, 6.45) is 2.28. The maximum Gasteiger partial charge on any atom is 0.272 e. The van der Waals surface area contributed by atoms with Gasteiger partial charge in [-0.2, -0.15) is 0 Å². The Labute approximate surface area is 126 Å². The third-order valence-corrected chi connectivity index (χ3v) is 3.72. The quantitative estimate of drug-likeness (QED) is 0.673. The second-order valence-electron chi connectivity index (χ2n) is 5.24. The zero-order valence-corrected chi connectivity index (χ0v) is 11.8. The number of nitro groups is 1. The van der Waals surface area contributed by atoms with Gasteiger partial charge in [0, 0.05) is 25.1 Å². The highest BCUT2D eigenvalue weighted by Crippen LogP contribution is 2.24. The lowest BCUT2D eigenvalue weighted by atomic mass is 9.98. The number of carbonyl (C=O) groups excluding carboxylic acids is 2. The Kier molecular flexibility index (Phi) is 4.69. The van der Waals surface area contributed by atoms with Crippen LogP contribution in [-0.2, 0) is 4.79 Å². The molecule has 2 rings (SSSR count). The molecule has 1 saturated heterocycles. The maximum atomic E-state index is 14.0. The zero-order valence-electron chi connectivity index (χ0n) is 11.8. The number of hydrogen-bond acceptors (Lipinski definition) is 4. The third-order valence-electron chi connectivity index (χ3n) is 3.72. The Morgan fingerprint density at radius 1 is 1.41 bits per heavy atom. The molecule has 2 N–H and O–H groups in total. The molecule has 22 heavy (non-hydrogen) atoms. The Hall–Kier alpha value is -2.51. The lowest BCUT2D eigenvalue weighted by Crippen LogP contribution is -2.45.